The first-order valence-corrected chi connectivity index (χ1v) is 16.4. The average molecular weight is 677 g/mol. The van der Waals surface area contributed by atoms with Crippen LogP contribution in [0.2, 0.25) is 0 Å². The summed E-state index contributed by atoms with van der Waals surface area (Å²) < 4.78 is 22.5. The van der Waals surface area contributed by atoms with Crippen molar-refractivity contribution in [3.8, 4) is 11.5 Å². The number of amides is 3. The first kappa shape index (κ1) is 38.3. The number of anilines is 3. The molecular formula is C37H48N4O8. The number of carbonyl (C=O) groups excluding carboxylic acids is 4. The highest BCUT2D eigenvalue weighted by Crippen LogP contribution is 2.35. The fraction of sp³-hybridized carbons (Fsp3) is 0.405. The Bertz CT molecular complexity index is 1510. The summed E-state index contributed by atoms with van der Waals surface area (Å²) in [5.41, 5.74) is 4.01. The molecule has 49 heavy (non-hydrogen) atoms. The van der Waals surface area contributed by atoms with E-state index in [4.69, 9.17) is 18.9 Å². The first-order valence-electron chi connectivity index (χ1n) is 16.4. The lowest BCUT2D eigenvalue weighted by Crippen LogP contribution is -2.39. The van der Waals surface area contributed by atoms with E-state index in [9.17, 15) is 19.2 Å². The zero-order chi connectivity index (χ0) is 35.6. The minimum Gasteiger partial charge on any atom is -0.493 e. The molecule has 2 N–H and O–H groups in total. The molecule has 264 valence electrons. The Labute approximate surface area is 288 Å². The second kappa shape index (κ2) is 20.3. The van der Waals surface area contributed by atoms with Gasteiger partial charge in [-0.1, -0.05) is 37.3 Å². The molecule has 0 aliphatic heterocycles. The van der Waals surface area contributed by atoms with Crippen molar-refractivity contribution in [3.05, 3.63) is 77.4 Å². The lowest BCUT2D eigenvalue weighted by molar-refractivity contribution is -0.120. The van der Waals surface area contributed by atoms with Crippen LogP contribution >= 0.6 is 0 Å². The second-order valence-corrected chi connectivity index (χ2v) is 11.4. The smallest absolute Gasteiger partial charge is 0.414 e. The zero-order valence-electron chi connectivity index (χ0n) is 29.0. The Morgan fingerprint density at radius 1 is 0.898 bits per heavy atom. The molecular weight excluding hydrogens is 628 g/mol. The van der Waals surface area contributed by atoms with E-state index in [0.717, 1.165) is 31.4 Å². The summed E-state index contributed by atoms with van der Waals surface area (Å²) >= 11 is 0. The molecule has 0 spiro atoms. The molecule has 3 rings (SSSR count). The standard InChI is InChI=1S/C37H48N4O8/c1-6-29-12-8-9-13-32(29)40(3)18-19-41(33-23-35(34(47-5)22-30(33)24-42)48-21-11-7-10-20-46-4)37(45)49-25-28-14-16-31(17-15-28)39-36(44)27(2)38-26-43/h8-9,12-17,22-24,26-27H,6-7,10-11,18-21,25H2,1-5H3,(H,38,43)(H,39,44). The largest absolute Gasteiger partial charge is 0.493 e. The van der Waals surface area contributed by atoms with Crippen LogP contribution in [-0.2, 0) is 32.1 Å². The van der Waals surface area contributed by atoms with Gasteiger partial charge in [-0.15, -0.1) is 0 Å². The van der Waals surface area contributed by atoms with Gasteiger partial charge in [-0.25, -0.2) is 4.79 Å². The number of nitrogens with one attached hydrogen (secondary N) is 2. The van der Waals surface area contributed by atoms with Crippen molar-refractivity contribution >= 4 is 41.8 Å². The summed E-state index contributed by atoms with van der Waals surface area (Å²) in [6, 6.07) is 17.4. The molecule has 3 aromatic rings. The van der Waals surface area contributed by atoms with E-state index in [2.05, 4.69) is 28.5 Å². The minimum absolute atomic E-state index is 0.0570. The zero-order valence-corrected chi connectivity index (χ0v) is 29.0. The summed E-state index contributed by atoms with van der Waals surface area (Å²) in [4.78, 5) is 52.5. The summed E-state index contributed by atoms with van der Waals surface area (Å²) in [6.07, 6.45) is 3.98. The number of para-hydroxylation sites is 1. The van der Waals surface area contributed by atoms with Crippen molar-refractivity contribution in [3.63, 3.8) is 0 Å². The number of methoxy groups -OCH3 is 2. The molecule has 0 heterocycles. The van der Waals surface area contributed by atoms with Gasteiger partial charge in [0.15, 0.2) is 17.8 Å². The quantitative estimate of drug-likeness (QED) is 0.109. The van der Waals surface area contributed by atoms with Gasteiger partial charge in [0.05, 0.1) is 19.4 Å². The van der Waals surface area contributed by atoms with Gasteiger partial charge in [0.1, 0.15) is 12.6 Å². The third-order valence-electron chi connectivity index (χ3n) is 7.94. The Kier molecular flexibility index (Phi) is 15.9. The third kappa shape index (κ3) is 11.5. The summed E-state index contributed by atoms with van der Waals surface area (Å²) in [5, 5.41) is 5.12. The number of nitrogens with zero attached hydrogens (tertiary/aromatic N) is 2. The monoisotopic (exact) mass is 676 g/mol. The number of likely N-dealkylation sites (N-methyl/N-ethyl adjacent to an activating group) is 1. The van der Waals surface area contributed by atoms with Crippen LogP contribution in [0.3, 0.4) is 0 Å². The molecule has 0 bridgehead atoms. The molecule has 1 atom stereocenters. The van der Waals surface area contributed by atoms with Crippen LogP contribution in [-0.4, -0.2) is 78.3 Å². The number of ether oxygens (including phenoxy) is 4. The van der Waals surface area contributed by atoms with Crippen LogP contribution in [0.5, 0.6) is 11.5 Å². The Morgan fingerprint density at radius 3 is 2.31 bits per heavy atom. The van der Waals surface area contributed by atoms with E-state index in [1.54, 1.807) is 50.4 Å². The SMILES string of the molecule is CCc1ccccc1N(C)CCN(C(=O)OCc1ccc(NC(=O)C(C)NC=O)cc1)c1cc(OCCCCCOC)c(OC)cc1C=O. The number of aryl methyl sites for hydroxylation is 1. The van der Waals surface area contributed by atoms with E-state index < -0.39 is 12.1 Å². The van der Waals surface area contributed by atoms with Crippen LogP contribution < -0.4 is 29.9 Å². The number of rotatable bonds is 21. The van der Waals surface area contributed by atoms with Gasteiger partial charge < -0.3 is 34.5 Å². The van der Waals surface area contributed by atoms with Gasteiger partial charge in [0.25, 0.3) is 0 Å². The van der Waals surface area contributed by atoms with Gasteiger partial charge in [0.2, 0.25) is 12.3 Å². The fourth-order valence-corrected chi connectivity index (χ4v) is 5.07. The lowest BCUT2D eigenvalue weighted by Gasteiger charge is -2.28. The van der Waals surface area contributed by atoms with Crippen molar-refractivity contribution in [2.45, 2.75) is 52.2 Å². The van der Waals surface area contributed by atoms with E-state index in [1.165, 1.54) is 17.6 Å². The van der Waals surface area contributed by atoms with Crippen molar-refractivity contribution in [1.82, 2.24) is 5.32 Å². The van der Waals surface area contributed by atoms with E-state index in [1.807, 2.05) is 25.2 Å². The molecule has 1 unspecified atom stereocenters. The molecule has 0 aliphatic rings. The predicted molar refractivity (Wildman–Crippen MR) is 190 cm³/mol. The average Bonchev–Trinajstić information content (AvgIpc) is 3.12. The molecule has 0 saturated carbocycles. The van der Waals surface area contributed by atoms with Gasteiger partial charge in [-0.05, 0) is 68.0 Å². The van der Waals surface area contributed by atoms with Gasteiger partial charge >= 0.3 is 6.09 Å². The van der Waals surface area contributed by atoms with Crippen molar-refractivity contribution in [2.75, 3.05) is 62.7 Å². The van der Waals surface area contributed by atoms with Crippen molar-refractivity contribution in [2.24, 2.45) is 0 Å². The van der Waals surface area contributed by atoms with Crippen LogP contribution in [0.1, 0.15) is 54.6 Å². The normalized spacial score (nSPS) is 11.2. The van der Waals surface area contributed by atoms with E-state index in [0.29, 0.717) is 60.9 Å². The van der Waals surface area contributed by atoms with Gasteiger partial charge in [-0.2, -0.15) is 0 Å². The van der Waals surface area contributed by atoms with Crippen molar-refractivity contribution in [1.29, 1.82) is 0 Å². The Balaban J connectivity index is 1.84. The maximum atomic E-state index is 13.8. The minimum atomic E-state index is -0.695. The number of carbonyl (C=O) groups is 4. The summed E-state index contributed by atoms with van der Waals surface area (Å²) in [6.45, 7) is 5.35. The van der Waals surface area contributed by atoms with Crippen LogP contribution in [0.15, 0.2) is 60.7 Å². The first-order chi connectivity index (χ1) is 23.8. The molecule has 0 fully saturated rings. The van der Waals surface area contributed by atoms with E-state index >= 15 is 0 Å². The number of hydrogen-bond donors (Lipinski definition) is 2. The third-order valence-corrected chi connectivity index (χ3v) is 7.94. The summed E-state index contributed by atoms with van der Waals surface area (Å²) in [5.74, 6) is 0.426. The fourth-order valence-electron chi connectivity index (χ4n) is 5.07. The van der Waals surface area contributed by atoms with Gasteiger partial charge in [-0.3, -0.25) is 19.3 Å². The van der Waals surface area contributed by atoms with Gasteiger partial charge in [0, 0.05) is 56.9 Å². The number of aldehydes is 1. The second-order valence-electron chi connectivity index (χ2n) is 11.4. The molecule has 0 aromatic heterocycles. The highest BCUT2D eigenvalue weighted by molar-refractivity contribution is 5.97. The van der Waals surface area contributed by atoms with Crippen LogP contribution in [0.4, 0.5) is 21.9 Å². The molecule has 3 aromatic carbocycles. The molecule has 3 amide bonds. The Hall–Kier alpha value is -5.10. The molecule has 0 radical (unpaired) electrons. The summed E-state index contributed by atoms with van der Waals surface area (Å²) in [7, 11) is 5.13. The molecule has 0 aliphatic carbocycles. The Morgan fingerprint density at radius 2 is 1.63 bits per heavy atom. The maximum Gasteiger partial charge on any atom is 0.414 e. The highest BCUT2D eigenvalue weighted by Gasteiger charge is 2.24. The maximum absolute atomic E-state index is 13.8. The number of hydrogen-bond acceptors (Lipinski definition) is 9. The topological polar surface area (TPSA) is 136 Å². The van der Waals surface area contributed by atoms with Crippen LogP contribution in [0, 0.1) is 0 Å². The highest BCUT2D eigenvalue weighted by atomic mass is 16.6. The molecule has 12 nitrogen and oxygen atoms in total. The number of benzene rings is 3. The molecule has 0 saturated heterocycles. The molecule has 12 heteroatoms. The number of unbranched alkanes of at least 4 members (excludes halogenated alkanes) is 2. The van der Waals surface area contributed by atoms with Crippen LogP contribution in [0.25, 0.3) is 0 Å². The van der Waals surface area contributed by atoms with Crippen molar-refractivity contribution < 1.29 is 38.1 Å². The predicted octanol–water partition coefficient (Wildman–Crippen LogP) is 5.62. The lowest BCUT2D eigenvalue weighted by atomic mass is 10.1. The van der Waals surface area contributed by atoms with E-state index in [-0.39, 0.29) is 24.6 Å².